The average molecular weight is 1820 g/mol. The van der Waals surface area contributed by atoms with Crippen molar-refractivity contribution in [2.75, 3.05) is 12.0 Å². The Balaban J connectivity index is 0.000000739. The normalized spacial score (nSPS) is 12.7. The maximum Gasteiger partial charge on any atom is 0.522 e. The van der Waals surface area contributed by atoms with E-state index < -0.39 is 192 Å². The van der Waals surface area contributed by atoms with E-state index in [1.54, 1.807) is 48.5 Å². The number of Topliss-reactive ketones (excluding diaryl/α,β-unsaturated/α-hetero) is 2. The Morgan fingerprint density at radius 1 is 0.444 bits per heavy atom. The molecule has 9 aromatic carbocycles. The molecule has 0 saturated carbocycles. The van der Waals surface area contributed by atoms with Crippen LogP contribution in [0.5, 0.6) is 0 Å². The summed E-state index contributed by atoms with van der Waals surface area (Å²) in [7, 11) is -15.1. The Bertz CT molecular complexity index is 4860. The van der Waals surface area contributed by atoms with Crippen LogP contribution < -0.4 is 5.30 Å². The maximum atomic E-state index is 14.7. The number of aryl methyl sites for hydroxylation is 2. The predicted molar refractivity (Wildman–Crippen MR) is 406 cm³/mol. The first-order chi connectivity index (χ1) is 53.4. The van der Waals surface area contributed by atoms with E-state index in [4.69, 9.17) is 55.8 Å². The van der Waals surface area contributed by atoms with E-state index in [0.717, 1.165) is 35.4 Å². The van der Waals surface area contributed by atoms with Gasteiger partial charge < -0.3 is 28.5 Å². The molecule has 0 aromatic heterocycles. The SMILES string of the molecule is CC(=O)c1c(F)c(F)c(F)c(F)c1F.CP(O[Si](C)(C)C)O[Si](C)(C)C.Cc1ccc(-c2ccc(C(C)(c3c(F)c(F)c(F)c(F)c3F)C(F)(F)F)cc2)cc1.Cc1ccc(-c2ccc(C(C)(c3c(F)c(F)c(P(=O)(O)O)c(F)c3F)C(F)(F)F)cc2)cc1.ClCCl.O.O=S(=O)(O)C(F)(F)F.[2H]CC(C)=O.c1ccc(-c2ccccc2)cc1. The molecule has 0 bridgehead atoms. The summed E-state index contributed by atoms with van der Waals surface area (Å²) >= 11 is 9.53. The van der Waals surface area contributed by atoms with Crippen LogP contribution in [0.15, 0.2) is 158 Å². The molecular formula is C76H75Cl2F23O11P2SSi2. The van der Waals surface area contributed by atoms with Gasteiger partial charge in [-0.25, -0.2) is 61.5 Å². The fraction of sp³-hybridized carbons (Fsp3) is 0.263. The molecular weight excluding hydrogens is 1750 g/mol. The molecule has 0 fully saturated rings. The lowest BCUT2D eigenvalue weighted by Gasteiger charge is -2.34. The first kappa shape index (κ1) is 105. The summed E-state index contributed by atoms with van der Waals surface area (Å²) in [6, 6.07) is 43.6. The Labute approximate surface area is 672 Å². The Morgan fingerprint density at radius 2 is 0.658 bits per heavy atom. The van der Waals surface area contributed by atoms with E-state index in [9.17, 15) is 115 Å². The number of rotatable bonds is 13. The number of alkyl halides is 11. The highest BCUT2D eigenvalue weighted by Gasteiger charge is 2.59. The van der Waals surface area contributed by atoms with Crippen molar-refractivity contribution in [1.29, 1.82) is 0 Å². The van der Waals surface area contributed by atoms with Crippen LogP contribution in [0.1, 0.15) is 79.7 Å². The third-order valence-corrected chi connectivity index (χ3v) is 23.1. The van der Waals surface area contributed by atoms with Crippen LogP contribution in [0, 0.1) is 95.3 Å². The van der Waals surface area contributed by atoms with Gasteiger partial charge in [0.1, 0.15) is 30.3 Å². The zero-order valence-corrected chi connectivity index (χ0v) is 69.5. The molecule has 0 aliphatic heterocycles. The highest BCUT2D eigenvalue weighted by Crippen LogP contribution is 2.52. The van der Waals surface area contributed by atoms with Gasteiger partial charge in [-0.1, -0.05) is 169 Å². The van der Waals surface area contributed by atoms with Crippen LogP contribution in [0.4, 0.5) is 101 Å². The second-order valence-electron chi connectivity index (χ2n) is 26.4. The van der Waals surface area contributed by atoms with E-state index in [1.807, 2.05) is 26.0 Å². The summed E-state index contributed by atoms with van der Waals surface area (Å²) in [4.78, 5) is 38.2. The zero-order valence-electron chi connectivity index (χ0n) is 64.4. The van der Waals surface area contributed by atoms with Crippen molar-refractivity contribution >= 4 is 82.8 Å². The van der Waals surface area contributed by atoms with E-state index in [0.29, 0.717) is 43.0 Å². The first-order valence-corrected chi connectivity index (χ1v) is 45.1. The third-order valence-electron chi connectivity index (χ3n) is 15.1. The zero-order chi connectivity index (χ0) is 90.6. The van der Waals surface area contributed by atoms with Gasteiger partial charge in [0.25, 0.3) is 0 Å². The van der Waals surface area contributed by atoms with Gasteiger partial charge in [-0.2, -0.15) is 47.9 Å². The van der Waals surface area contributed by atoms with E-state index in [1.165, 1.54) is 42.3 Å². The van der Waals surface area contributed by atoms with E-state index in [-0.39, 0.29) is 23.5 Å². The summed E-state index contributed by atoms with van der Waals surface area (Å²) < 4.78 is 361. The fourth-order valence-electron chi connectivity index (χ4n) is 9.71. The van der Waals surface area contributed by atoms with Gasteiger partial charge in [-0.15, -0.1) is 23.2 Å². The molecule has 0 aliphatic carbocycles. The maximum absolute atomic E-state index is 14.7. The standard InChI is InChI=1S/C22H14F8.C22H16F7O3P.C12H10.C8H3F5O.C7H21O2PSi2.C3H6O.CH2Cl2.CHF3O3S.H2O/c1-11-3-5-12(6-4-11)13-7-9-14(10-8-13)21(2,22(28,29)30)15-16(23)18(25)20(27)19(26)17(15)24;1-11-3-5-12(6-4-11)13-7-9-14(10-8-13)21(2,22(27,28)29)15-16(23)18(25)20(33(30,31)32)19(26)17(15)24;1-3-7-11(8-4-1)12-9-5-2-6-10-12;1-2(14)3-4(9)6(11)8(13)7(12)5(3)10;1-10(8-11(2,3)4)9-12(5,6)7;1-3(2)4;2-1-3;2-1(3,4)8(5,6)7;/h3-10H,1-2H3;3-10H,1-2H3,(H2,30,31,32);1-10H;1H3;1-7H3;1-2H3;1H2;(H,5,6,7);1H2/i;;;;;1D;;;. The van der Waals surface area contributed by atoms with Crippen molar-refractivity contribution in [3.63, 3.8) is 0 Å². The summed E-state index contributed by atoms with van der Waals surface area (Å²) in [5.41, 5.74) is -12.7. The van der Waals surface area contributed by atoms with Crippen molar-refractivity contribution in [1.82, 2.24) is 0 Å². The number of ketones is 2. The smallest absolute Gasteiger partial charge is 0.412 e. The first-order valence-electron chi connectivity index (χ1n) is 33.2. The van der Waals surface area contributed by atoms with Crippen LogP contribution >= 0.6 is 39.2 Å². The molecule has 11 nitrogen and oxygen atoms in total. The van der Waals surface area contributed by atoms with Gasteiger partial charge in [0, 0.05) is 19.2 Å². The highest BCUT2D eigenvalue weighted by molar-refractivity contribution is 7.86. The molecule has 5 N–H and O–H groups in total. The molecule has 117 heavy (non-hydrogen) atoms. The topological polar surface area (TPSA) is 196 Å². The van der Waals surface area contributed by atoms with Crippen molar-refractivity contribution < 1.29 is 153 Å². The van der Waals surface area contributed by atoms with E-state index in [2.05, 4.69) is 94.5 Å². The minimum absolute atomic E-state index is 0. The predicted octanol–water partition coefficient (Wildman–Crippen LogP) is 24.3. The fourth-order valence-corrected chi connectivity index (χ4v) is 17.1. The molecule has 0 amide bonds. The molecule has 41 heteroatoms. The Kier molecular flexibility index (Phi) is 39.4. The molecule has 0 heterocycles. The van der Waals surface area contributed by atoms with Gasteiger partial charge in [0.2, 0.25) is 11.6 Å². The molecule has 2 atom stereocenters. The lowest BCUT2D eigenvalue weighted by molar-refractivity contribution is -0.175. The minimum Gasteiger partial charge on any atom is -0.412 e. The second kappa shape index (κ2) is 43.9. The van der Waals surface area contributed by atoms with Crippen molar-refractivity contribution in [3.05, 3.63) is 278 Å². The number of carbonyl (C=O) groups is 2. The van der Waals surface area contributed by atoms with Gasteiger partial charge in [0.15, 0.2) is 92.2 Å². The summed E-state index contributed by atoms with van der Waals surface area (Å²) in [6.07, 6.45) is -10.8. The molecule has 644 valence electrons. The molecule has 0 saturated heterocycles. The third kappa shape index (κ3) is 29.5. The molecule has 0 spiro atoms. The van der Waals surface area contributed by atoms with Crippen molar-refractivity contribution in [2.45, 2.75) is 116 Å². The number of carbonyl (C=O) groups excluding carboxylic acids is 2. The van der Waals surface area contributed by atoms with Gasteiger partial charge in [-0.05, 0) is 132 Å². The molecule has 9 aromatic rings. The molecule has 0 aliphatic rings. The van der Waals surface area contributed by atoms with Crippen molar-refractivity contribution in [2.24, 2.45) is 0 Å². The quantitative estimate of drug-likeness (QED) is 0.0115. The number of halogens is 25. The van der Waals surface area contributed by atoms with Crippen molar-refractivity contribution in [3.8, 4) is 33.4 Å². The largest absolute Gasteiger partial charge is 0.522 e. The number of hydrogen-bond donors (Lipinski definition) is 3. The average Bonchev–Trinajstić information content (AvgIpc) is 0.727. The highest BCUT2D eigenvalue weighted by atomic mass is 35.5. The van der Waals surface area contributed by atoms with Crippen LogP contribution in [-0.4, -0.2) is 86.3 Å². The Morgan fingerprint density at radius 3 is 0.863 bits per heavy atom. The number of benzene rings is 9. The molecule has 9 rings (SSSR count). The molecule has 0 radical (unpaired) electrons. The van der Waals surface area contributed by atoms with Crippen LogP contribution in [0.3, 0.4) is 0 Å². The van der Waals surface area contributed by atoms with Gasteiger partial charge in [0.05, 0.1) is 10.9 Å². The lowest BCUT2D eigenvalue weighted by Crippen LogP contribution is -2.43. The molecule has 2 unspecified atom stereocenters. The van der Waals surface area contributed by atoms with E-state index >= 15 is 0 Å². The lowest BCUT2D eigenvalue weighted by atomic mass is 9.74. The second-order valence-corrected chi connectivity index (χ2v) is 41.0. The Hall–Kier alpha value is -7.91. The van der Waals surface area contributed by atoms with Gasteiger partial charge >= 0.3 is 35.6 Å². The summed E-state index contributed by atoms with van der Waals surface area (Å²) in [5, 5.41) is -2.08. The van der Waals surface area contributed by atoms with Gasteiger partial charge in [-0.3, -0.25) is 13.9 Å². The summed E-state index contributed by atoms with van der Waals surface area (Å²) in [5.74, 6) is -34.7. The van der Waals surface area contributed by atoms with Crippen LogP contribution in [0.25, 0.3) is 33.4 Å². The number of hydrogen-bond acceptors (Lipinski definition) is 7. The van der Waals surface area contributed by atoms with Crippen LogP contribution in [0.2, 0.25) is 39.3 Å². The minimum atomic E-state index is -5.89. The monoisotopic (exact) mass is 1820 g/mol. The summed E-state index contributed by atoms with van der Waals surface area (Å²) in [6.45, 7) is 21.6. The van der Waals surface area contributed by atoms with Crippen LogP contribution in [-0.2, 0) is 38.7 Å².